The van der Waals surface area contributed by atoms with Crippen molar-refractivity contribution in [3.8, 4) is 0 Å². The summed E-state index contributed by atoms with van der Waals surface area (Å²) in [6.45, 7) is 9.95. The molecule has 128 valence electrons. The van der Waals surface area contributed by atoms with Gasteiger partial charge in [0, 0.05) is 6.92 Å². The molecule has 0 atom stereocenters. The first kappa shape index (κ1) is 25.1. The minimum atomic E-state index is -0.250. The van der Waals surface area contributed by atoms with Crippen LogP contribution in [0.1, 0.15) is 58.9 Å². The summed E-state index contributed by atoms with van der Waals surface area (Å²) in [6.07, 6.45) is 5.54. The summed E-state index contributed by atoms with van der Waals surface area (Å²) in [5.74, 6) is -0.211. The van der Waals surface area contributed by atoms with Crippen LogP contribution in [0.15, 0.2) is 30.3 Å². The molecule has 1 N–H and O–H groups in total. The summed E-state index contributed by atoms with van der Waals surface area (Å²) in [5.41, 5.74) is 1.32. The summed E-state index contributed by atoms with van der Waals surface area (Å²) in [4.78, 5) is 18.2. The standard InChI is InChI=1S/C7H8.C6H14.C4H8O2.CH2O2/c1-7-5-3-2-4-6-7;1-3-5-6-4-2;1-3-6-4(2)5;2-1-3/h2-6H,1H3;3-6H2,1-2H3;3H2,1-2H3;1H,(H,2,3). The summed E-state index contributed by atoms with van der Waals surface area (Å²) < 4.78 is 4.40. The quantitative estimate of drug-likeness (QED) is 0.490. The molecule has 0 amide bonds. The molecule has 1 aromatic carbocycles. The topological polar surface area (TPSA) is 63.6 Å². The van der Waals surface area contributed by atoms with Gasteiger partial charge in [-0.25, -0.2) is 0 Å². The Morgan fingerprint density at radius 1 is 1.09 bits per heavy atom. The van der Waals surface area contributed by atoms with E-state index in [0.29, 0.717) is 6.61 Å². The van der Waals surface area contributed by atoms with Gasteiger partial charge in [-0.2, -0.15) is 0 Å². The number of aryl methyl sites for hydroxylation is 1. The van der Waals surface area contributed by atoms with Crippen molar-refractivity contribution in [2.75, 3.05) is 6.61 Å². The highest BCUT2D eigenvalue weighted by Crippen LogP contribution is 1.95. The number of carboxylic acid groups (broad SMARTS) is 1. The molecule has 4 heteroatoms. The van der Waals surface area contributed by atoms with E-state index in [4.69, 9.17) is 9.90 Å². The molecule has 0 saturated heterocycles. The van der Waals surface area contributed by atoms with Crippen molar-refractivity contribution in [1.29, 1.82) is 0 Å². The maximum absolute atomic E-state index is 9.82. The number of rotatable bonds is 4. The molecular weight excluding hydrogens is 280 g/mol. The van der Waals surface area contributed by atoms with Crippen LogP contribution in [0.5, 0.6) is 0 Å². The Labute approximate surface area is 135 Å². The second kappa shape index (κ2) is 24.2. The summed E-state index contributed by atoms with van der Waals surface area (Å²) in [7, 11) is 0. The van der Waals surface area contributed by atoms with Crippen LogP contribution in [-0.4, -0.2) is 24.2 Å². The number of ether oxygens (including phenoxy) is 1. The normalized spacial score (nSPS) is 7.86. The third-order valence-electron chi connectivity index (χ3n) is 2.25. The van der Waals surface area contributed by atoms with Gasteiger partial charge in [0.2, 0.25) is 0 Å². The van der Waals surface area contributed by atoms with E-state index in [0.717, 1.165) is 0 Å². The predicted molar refractivity (Wildman–Crippen MR) is 92.0 cm³/mol. The average Bonchev–Trinajstić information content (AvgIpc) is 2.48. The van der Waals surface area contributed by atoms with Crippen molar-refractivity contribution in [2.45, 2.75) is 60.3 Å². The number of unbranched alkanes of at least 4 members (excludes halogenated alkanes) is 3. The van der Waals surface area contributed by atoms with Crippen molar-refractivity contribution in [3.05, 3.63) is 35.9 Å². The Kier molecular flexibility index (Phi) is 27.6. The van der Waals surface area contributed by atoms with Crippen LogP contribution in [0.4, 0.5) is 0 Å². The van der Waals surface area contributed by atoms with Gasteiger partial charge in [-0.3, -0.25) is 9.59 Å². The van der Waals surface area contributed by atoms with Crippen LogP contribution < -0.4 is 0 Å². The Balaban J connectivity index is -0.000000227. The van der Waals surface area contributed by atoms with Crippen LogP contribution in [0.25, 0.3) is 0 Å². The molecule has 0 radical (unpaired) electrons. The molecule has 0 aliphatic carbocycles. The van der Waals surface area contributed by atoms with E-state index in [1.165, 1.54) is 38.2 Å². The number of benzene rings is 1. The van der Waals surface area contributed by atoms with Crippen molar-refractivity contribution in [1.82, 2.24) is 0 Å². The third kappa shape index (κ3) is 36.2. The zero-order chi connectivity index (χ0) is 17.6. The Morgan fingerprint density at radius 3 is 1.64 bits per heavy atom. The average molecular weight is 312 g/mol. The highest BCUT2D eigenvalue weighted by molar-refractivity contribution is 5.65. The van der Waals surface area contributed by atoms with E-state index in [1.54, 1.807) is 6.92 Å². The molecule has 22 heavy (non-hydrogen) atoms. The number of carbonyl (C=O) groups is 2. The van der Waals surface area contributed by atoms with E-state index in [9.17, 15) is 4.79 Å². The minimum absolute atomic E-state index is 0.211. The van der Waals surface area contributed by atoms with Crippen LogP contribution >= 0.6 is 0 Å². The lowest BCUT2D eigenvalue weighted by molar-refractivity contribution is -0.140. The van der Waals surface area contributed by atoms with Gasteiger partial charge in [-0.1, -0.05) is 75.4 Å². The molecule has 1 rings (SSSR count). The fraction of sp³-hybridized carbons (Fsp3) is 0.556. The second-order valence-corrected chi connectivity index (χ2v) is 4.39. The van der Waals surface area contributed by atoms with Gasteiger partial charge >= 0.3 is 5.97 Å². The Bertz CT molecular complexity index is 319. The first-order chi connectivity index (χ1) is 10.5. The van der Waals surface area contributed by atoms with Crippen LogP contribution in [0.3, 0.4) is 0 Å². The zero-order valence-corrected chi connectivity index (χ0v) is 14.7. The first-order valence-corrected chi connectivity index (χ1v) is 7.72. The SMILES string of the molecule is CCCCCC.CCOC(C)=O.Cc1ccccc1.O=CO. The molecular formula is C18H32O4. The van der Waals surface area contributed by atoms with Gasteiger partial charge in [-0.05, 0) is 13.8 Å². The van der Waals surface area contributed by atoms with Crippen molar-refractivity contribution in [2.24, 2.45) is 0 Å². The van der Waals surface area contributed by atoms with Gasteiger partial charge in [-0.15, -0.1) is 0 Å². The van der Waals surface area contributed by atoms with E-state index in [1.807, 2.05) is 18.2 Å². The molecule has 0 aromatic heterocycles. The lowest BCUT2D eigenvalue weighted by Crippen LogP contribution is -1.95. The fourth-order valence-corrected chi connectivity index (χ4v) is 1.24. The second-order valence-electron chi connectivity index (χ2n) is 4.39. The number of esters is 1. The molecule has 0 heterocycles. The summed E-state index contributed by atoms with van der Waals surface area (Å²) >= 11 is 0. The highest BCUT2D eigenvalue weighted by Gasteiger charge is 1.81. The first-order valence-electron chi connectivity index (χ1n) is 7.72. The number of hydrogen-bond acceptors (Lipinski definition) is 3. The molecule has 0 aliphatic rings. The molecule has 0 fully saturated rings. The lowest BCUT2D eigenvalue weighted by Gasteiger charge is -1.89. The monoisotopic (exact) mass is 312 g/mol. The molecule has 0 aliphatic heterocycles. The molecule has 0 spiro atoms. The summed E-state index contributed by atoms with van der Waals surface area (Å²) in [6, 6.07) is 10.3. The maximum atomic E-state index is 9.82. The zero-order valence-electron chi connectivity index (χ0n) is 14.7. The lowest BCUT2D eigenvalue weighted by atomic mass is 10.2. The van der Waals surface area contributed by atoms with E-state index >= 15 is 0 Å². The highest BCUT2D eigenvalue weighted by atomic mass is 16.5. The molecule has 0 saturated carbocycles. The smallest absolute Gasteiger partial charge is 0.302 e. The van der Waals surface area contributed by atoms with E-state index < -0.39 is 0 Å². The molecule has 0 bridgehead atoms. The third-order valence-corrected chi connectivity index (χ3v) is 2.25. The van der Waals surface area contributed by atoms with Gasteiger partial charge < -0.3 is 9.84 Å². The molecule has 4 nitrogen and oxygen atoms in total. The van der Waals surface area contributed by atoms with Gasteiger partial charge in [0.25, 0.3) is 6.47 Å². The van der Waals surface area contributed by atoms with Crippen molar-refractivity contribution < 1.29 is 19.4 Å². The molecule has 1 aromatic rings. The van der Waals surface area contributed by atoms with Gasteiger partial charge in [0.1, 0.15) is 0 Å². The van der Waals surface area contributed by atoms with E-state index in [2.05, 4.69) is 37.6 Å². The largest absolute Gasteiger partial charge is 0.483 e. The van der Waals surface area contributed by atoms with Crippen LogP contribution in [0, 0.1) is 6.92 Å². The Morgan fingerprint density at radius 2 is 1.50 bits per heavy atom. The number of hydrogen-bond donors (Lipinski definition) is 1. The minimum Gasteiger partial charge on any atom is -0.483 e. The predicted octanol–water partition coefficient (Wildman–Crippen LogP) is 4.85. The van der Waals surface area contributed by atoms with Crippen LogP contribution in [0.2, 0.25) is 0 Å². The summed E-state index contributed by atoms with van der Waals surface area (Å²) in [5, 5.41) is 6.89. The van der Waals surface area contributed by atoms with Crippen molar-refractivity contribution >= 4 is 12.4 Å². The van der Waals surface area contributed by atoms with Crippen molar-refractivity contribution in [3.63, 3.8) is 0 Å². The fourth-order valence-electron chi connectivity index (χ4n) is 1.24. The van der Waals surface area contributed by atoms with Crippen LogP contribution in [-0.2, 0) is 14.3 Å². The van der Waals surface area contributed by atoms with Gasteiger partial charge in [0.15, 0.2) is 0 Å². The van der Waals surface area contributed by atoms with E-state index in [-0.39, 0.29) is 12.4 Å². The molecule has 0 unspecified atom stereocenters. The number of carbonyl (C=O) groups excluding carboxylic acids is 1. The maximum Gasteiger partial charge on any atom is 0.302 e. The Hall–Kier alpha value is -1.84. The van der Waals surface area contributed by atoms with Gasteiger partial charge in [0.05, 0.1) is 6.61 Å².